The predicted octanol–water partition coefficient (Wildman–Crippen LogP) is 6.32. The van der Waals surface area contributed by atoms with Gasteiger partial charge in [-0.2, -0.15) is 0 Å². The van der Waals surface area contributed by atoms with Gasteiger partial charge in [0.05, 0.1) is 11.9 Å². The first-order valence-corrected chi connectivity index (χ1v) is 14.3. The van der Waals surface area contributed by atoms with Gasteiger partial charge in [-0.15, -0.1) is 5.10 Å². The Balaban J connectivity index is 1.33. The molecule has 3 aliphatic rings. The lowest BCUT2D eigenvalue weighted by molar-refractivity contribution is -0.137. The third kappa shape index (κ3) is 5.31. The number of rotatable bonds is 2. The summed E-state index contributed by atoms with van der Waals surface area (Å²) < 4.78 is 1.79. The van der Waals surface area contributed by atoms with Crippen LogP contribution in [-0.2, 0) is 37.1 Å². The molecule has 1 N–H and O–H groups in total. The molecule has 4 aromatic carbocycles. The monoisotopic (exact) mass is 540 g/mol. The van der Waals surface area contributed by atoms with Gasteiger partial charge in [-0.25, -0.2) is 4.68 Å². The number of aromatic nitrogens is 3. The van der Waals surface area contributed by atoms with Gasteiger partial charge >= 0.3 is 5.97 Å². The summed E-state index contributed by atoms with van der Waals surface area (Å²) in [6.07, 6.45) is 7.07. The van der Waals surface area contributed by atoms with Crippen molar-refractivity contribution < 1.29 is 9.90 Å². The summed E-state index contributed by atoms with van der Waals surface area (Å²) in [5.74, 6) is -1.09. The molecule has 9 bridgehead atoms. The summed E-state index contributed by atoms with van der Waals surface area (Å²) in [4.78, 5) is 14.5. The highest BCUT2D eigenvalue weighted by Gasteiger charge is 2.21. The van der Waals surface area contributed by atoms with Gasteiger partial charge in [0.15, 0.2) is 0 Å². The molecule has 0 fully saturated rings. The third-order valence-corrected chi connectivity index (χ3v) is 8.53. The summed E-state index contributed by atoms with van der Waals surface area (Å²) in [6.45, 7) is 2.78. The van der Waals surface area contributed by atoms with Crippen molar-refractivity contribution in [1.29, 1.82) is 0 Å². The smallest absolute Gasteiger partial charge is 0.304 e. The molecule has 0 spiro atoms. The number of carbonyl (C=O) groups is 1. The highest BCUT2D eigenvalue weighted by Crippen LogP contribution is 2.32. The van der Waals surface area contributed by atoms with E-state index in [1.165, 1.54) is 33.4 Å². The van der Waals surface area contributed by atoms with Gasteiger partial charge < -0.3 is 5.11 Å². The minimum Gasteiger partial charge on any atom is -0.481 e. The van der Waals surface area contributed by atoms with Crippen LogP contribution in [0.3, 0.4) is 0 Å². The first-order chi connectivity index (χ1) is 20.1. The maximum Gasteiger partial charge on any atom is 0.304 e. The molecule has 0 amide bonds. The van der Waals surface area contributed by atoms with E-state index in [2.05, 4.69) is 82.0 Å². The van der Waals surface area contributed by atoms with Crippen LogP contribution in [0.25, 0.3) is 23.3 Å². The zero-order valence-electron chi connectivity index (χ0n) is 22.9. The number of carboxylic acid groups (broad SMARTS) is 1. The lowest BCUT2D eigenvalue weighted by Gasteiger charge is -2.29. The second-order valence-electron chi connectivity index (χ2n) is 11.3. The molecule has 204 valence electrons. The number of hydrogen-bond donors (Lipinski definition) is 1. The zero-order valence-corrected chi connectivity index (χ0v) is 22.9. The topological polar surface area (TPSA) is 71.2 Å². The summed E-state index contributed by atoms with van der Waals surface area (Å²) in [5, 5.41) is 18.7. The van der Waals surface area contributed by atoms with Crippen LogP contribution in [0.4, 0.5) is 0 Å². The number of fused-ring (bicyclic) bond motifs is 2. The molecular formula is C35H32N4O2. The lowest BCUT2D eigenvalue weighted by atomic mass is 9.87. The Labute approximate surface area is 239 Å². The number of carboxylic acids is 1. The van der Waals surface area contributed by atoms with Crippen molar-refractivity contribution in [3.8, 4) is 0 Å². The van der Waals surface area contributed by atoms with Gasteiger partial charge in [-0.3, -0.25) is 9.69 Å². The van der Waals surface area contributed by atoms with Crippen LogP contribution in [0.15, 0.2) is 84.9 Å². The van der Waals surface area contributed by atoms with Crippen LogP contribution in [0.5, 0.6) is 0 Å². The molecule has 6 heteroatoms. The number of hydrogen-bond acceptors (Lipinski definition) is 4. The maximum absolute atomic E-state index is 12.0. The quantitative estimate of drug-likeness (QED) is 0.284. The summed E-state index contributed by atoms with van der Waals surface area (Å²) in [5.41, 5.74) is 11.5. The maximum atomic E-state index is 12.0. The Bertz CT molecular complexity index is 1790. The molecule has 6 nitrogen and oxygen atoms in total. The van der Waals surface area contributed by atoms with Gasteiger partial charge in [-0.1, -0.05) is 78.0 Å². The zero-order chi connectivity index (χ0) is 27.8. The largest absolute Gasteiger partial charge is 0.481 e. The summed E-state index contributed by atoms with van der Waals surface area (Å²) in [6, 6.07) is 30.0. The molecule has 2 unspecified atom stereocenters. The average molecular weight is 541 g/mol. The van der Waals surface area contributed by atoms with E-state index in [1.54, 1.807) is 4.68 Å². The van der Waals surface area contributed by atoms with Crippen molar-refractivity contribution in [1.82, 2.24) is 19.9 Å². The van der Waals surface area contributed by atoms with Crippen LogP contribution >= 0.6 is 0 Å². The molecule has 2 atom stereocenters. The Hall–Kier alpha value is -4.55. The van der Waals surface area contributed by atoms with Gasteiger partial charge in [0.2, 0.25) is 0 Å². The molecule has 5 aromatic rings. The summed E-state index contributed by atoms with van der Waals surface area (Å²) in [7, 11) is 0. The molecule has 4 heterocycles. The fourth-order valence-electron chi connectivity index (χ4n) is 6.37. The first kappa shape index (κ1) is 25.4. The fourth-order valence-corrected chi connectivity index (χ4v) is 6.37. The van der Waals surface area contributed by atoms with E-state index in [0.29, 0.717) is 0 Å². The molecule has 1 aromatic heterocycles. The van der Waals surface area contributed by atoms with E-state index in [4.69, 9.17) is 0 Å². The van der Waals surface area contributed by atoms with E-state index >= 15 is 0 Å². The Morgan fingerprint density at radius 1 is 0.805 bits per heavy atom. The highest BCUT2D eigenvalue weighted by molar-refractivity contribution is 5.79. The average Bonchev–Trinajstić information content (AvgIpc) is 3.40. The van der Waals surface area contributed by atoms with Crippen LogP contribution in [-0.4, -0.2) is 37.5 Å². The molecule has 0 saturated carbocycles. The van der Waals surface area contributed by atoms with Crippen LogP contribution < -0.4 is 0 Å². The Kier molecular flexibility index (Phi) is 6.69. The predicted molar refractivity (Wildman–Crippen MR) is 161 cm³/mol. The van der Waals surface area contributed by atoms with E-state index < -0.39 is 5.97 Å². The molecule has 0 radical (unpaired) electrons. The van der Waals surface area contributed by atoms with Crippen LogP contribution in [0.2, 0.25) is 0 Å². The number of nitrogens with zero attached hydrogens (tertiary/aromatic N) is 4. The first-order valence-electron chi connectivity index (χ1n) is 14.3. The van der Waals surface area contributed by atoms with Crippen molar-refractivity contribution in [3.05, 3.63) is 129 Å². The normalized spacial score (nSPS) is 18.3. The lowest BCUT2D eigenvalue weighted by Crippen LogP contribution is -2.30. The Morgan fingerprint density at radius 3 is 2.63 bits per heavy atom. The van der Waals surface area contributed by atoms with Crippen molar-refractivity contribution in [2.75, 3.05) is 6.54 Å². The molecule has 8 rings (SSSR count). The number of benzene rings is 4. The molecule has 3 aliphatic heterocycles. The van der Waals surface area contributed by atoms with Crippen LogP contribution in [0, 0.1) is 0 Å². The highest BCUT2D eigenvalue weighted by atomic mass is 16.4. The van der Waals surface area contributed by atoms with Gasteiger partial charge in [-0.05, 0) is 82.0 Å². The van der Waals surface area contributed by atoms with Gasteiger partial charge in [0.1, 0.15) is 5.52 Å². The minimum atomic E-state index is -0.820. The van der Waals surface area contributed by atoms with E-state index in [-0.39, 0.29) is 12.3 Å². The van der Waals surface area contributed by atoms with Crippen molar-refractivity contribution >= 4 is 29.3 Å². The van der Waals surface area contributed by atoms with Crippen LogP contribution in [0.1, 0.15) is 56.8 Å². The molecule has 41 heavy (non-hydrogen) atoms. The molecule has 0 aliphatic carbocycles. The summed E-state index contributed by atoms with van der Waals surface area (Å²) >= 11 is 0. The van der Waals surface area contributed by atoms with Crippen molar-refractivity contribution in [3.63, 3.8) is 0 Å². The second kappa shape index (κ2) is 10.8. The molecular weight excluding hydrogens is 508 g/mol. The van der Waals surface area contributed by atoms with Crippen molar-refractivity contribution in [2.24, 2.45) is 0 Å². The van der Waals surface area contributed by atoms with Crippen molar-refractivity contribution in [2.45, 2.75) is 44.7 Å². The van der Waals surface area contributed by atoms with E-state index in [0.717, 1.165) is 61.1 Å². The van der Waals surface area contributed by atoms with Gasteiger partial charge in [0, 0.05) is 31.8 Å². The number of aryl methyl sites for hydroxylation is 2. The Morgan fingerprint density at radius 2 is 1.71 bits per heavy atom. The third-order valence-electron chi connectivity index (χ3n) is 8.53. The van der Waals surface area contributed by atoms with E-state index in [9.17, 15) is 9.90 Å². The fraction of sp³-hybridized carbons (Fsp3) is 0.229. The SMILES string of the molecule is O=C(O)CC1c2cccc(c2)CN2CCc3ccc(cc3C2)CCc2ccccc2C=Cn2nnc3cc1ccc32. The molecule has 0 saturated heterocycles. The minimum absolute atomic E-state index is 0.0135. The standard InChI is InChI=1S/C35H32N4O2/c40-35(41)21-32-29-7-3-4-25(19-29)22-38-16-14-28-11-9-24(18-31(28)23-38)8-10-26-5-1-2-6-27(26)15-17-39-34-13-12-30(32)20-33(34)36-37-39/h1-7,9,11-13,15,17-20,32H,8,10,14,16,21-23H2,(H,40,41). The second-order valence-corrected chi connectivity index (χ2v) is 11.3. The van der Waals surface area contributed by atoms with E-state index in [1.807, 2.05) is 30.5 Å². The number of aliphatic carboxylic acids is 1. The van der Waals surface area contributed by atoms with Gasteiger partial charge in [0.25, 0.3) is 0 Å².